The van der Waals surface area contributed by atoms with Crippen molar-refractivity contribution in [1.82, 2.24) is 0 Å². The van der Waals surface area contributed by atoms with Gasteiger partial charge in [0.2, 0.25) is 0 Å². The van der Waals surface area contributed by atoms with Crippen LogP contribution >= 0.6 is 0 Å². The molecule has 0 heterocycles. The summed E-state index contributed by atoms with van der Waals surface area (Å²) in [4.78, 5) is 0. The molecular formula is C23H16F6N2O. The lowest BCUT2D eigenvalue weighted by Gasteiger charge is -2.32. The van der Waals surface area contributed by atoms with E-state index in [2.05, 4.69) is 4.74 Å². The SMILES string of the molecule is N#Cc1cc(C(N)(Cc2ccccc2)c2cc(F)cc(OC(F)(F)C(F)F)c2)ccc1F. The molecule has 0 spiro atoms. The lowest BCUT2D eigenvalue weighted by atomic mass is 9.78. The monoisotopic (exact) mass is 450 g/mol. The minimum Gasteiger partial charge on any atom is -0.428 e. The Bertz CT molecular complexity index is 1150. The molecule has 32 heavy (non-hydrogen) atoms. The fourth-order valence-electron chi connectivity index (χ4n) is 3.26. The molecule has 3 rings (SSSR count). The fourth-order valence-corrected chi connectivity index (χ4v) is 3.26. The molecule has 0 fully saturated rings. The second-order valence-corrected chi connectivity index (χ2v) is 7.08. The van der Waals surface area contributed by atoms with Gasteiger partial charge in [0.15, 0.2) is 0 Å². The van der Waals surface area contributed by atoms with Crippen LogP contribution in [-0.4, -0.2) is 12.5 Å². The molecule has 0 aliphatic heterocycles. The Morgan fingerprint density at radius 1 is 0.938 bits per heavy atom. The molecule has 1 unspecified atom stereocenters. The summed E-state index contributed by atoms with van der Waals surface area (Å²) in [6.45, 7) is 0. The molecule has 3 nitrogen and oxygen atoms in total. The molecule has 0 saturated carbocycles. The zero-order chi connectivity index (χ0) is 23.5. The highest BCUT2D eigenvalue weighted by Gasteiger charge is 2.44. The summed E-state index contributed by atoms with van der Waals surface area (Å²) in [6.07, 6.45) is -9.01. The maximum atomic E-state index is 14.3. The molecule has 0 aliphatic rings. The molecule has 0 aliphatic carbocycles. The molecule has 0 amide bonds. The number of hydrogen-bond acceptors (Lipinski definition) is 3. The maximum absolute atomic E-state index is 14.3. The van der Waals surface area contributed by atoms with Gasteiger partial charge < -0.3 is 10.5 Å². The van der Waals surface area contributed by atoms with E-state index in [0.717, 1.165) is 24.3 Å². The van der Waals surface area contributed by atoms with E-state index in [9.17, 15) is 31.6 Å². The third kappa shape index (κ3) is 4.86. The molecule has 0 saturated heterocycles. The Balaban J connectivity index is 2.17. The number of ether oxygens (including phenoxy) is 1. The summed E-state index contributed by atoms with van der Waals surface area (Å²) in [5.41, 5.74) is 5.37. The van der Waals surface area contributed by atoms with E-state index in [1.165, 1.54) is 6.07 Å². The standard InChI is InChI=1S/C23H16F6N2O/c24-18-9-17(10-19(11-18)32-23(28,29)21(26)27)22(31,12-14-4-2-1-3-5-14)16-6-7-20(25)15(8-16)13-30/h1-11,21H,12,31H2. The quantitative estimate of drug-likeness (QED) is 0.483. The Hall–Kier alpha value is -3.51. The van der Waals surface area contributed by atoms with Crippen molar-refractivity contribution in [2.75, 3.05) is 0 Å². The predicted molar refractivity (Wildman–Crippen MR) is 104 cm³/mol. The molecular weight excluding hydrogens is 434 g/mol. The van der Waals surface area contributed by atoms with E-state index in [1.807, 2.05) is 0 Å². The van der Waals surface area contributed by atoms with E-state index in [4.69, 9.17) is 5.73 Å². The largest absolute Gasteiger partial charge is 0.461 e. The zero-order valence-electron chi connectivity index (χ0n) is 16.3. The van der Waals surface area contributed by atoms with Gasteiger partial charge in [0.1, 0.15) is 23.5 Å². The van der Waals surface area contributed by atoms with E-state index < -0.39 is 35.5 Å². The zero-order valence-corrected chi connectivity index (χ0v) is 16.3. The first kappa shape index (κ1) is 23.2. The smallest absolute Gasteiger partial charge is 0.428 e. The molecule has 1 atom stereocenters. The number of nitriles is 1. The molecule has 166 valence electrons. The van der Waals surface area contributed by atoms with Gasteiger partial charge in [-0.3, -0.25) is 0 Å². The van der Waals surface area contributed by atoms with Crippen LogP contribution in [0.4, 0.5) is 26.3 Å². The Labute approximate surface area is 179 Å². The number of nitrogens with two attached hydrogens (primary N) is 1. The first-order chi connectivity index (χ1) is 15.0. The molecule has 0 radical (unpaired) electrons. The van der Waals surface area contributed by atoms with Crippen LogP contribution in [0, 0.1) is 23.0 Å². The second kappa shape index (κ2) is 8.93. The van der Waals surface area contributed by atoms with Crippen molar-refractivity contribution < 1.29 is 31.1 Å². The van der Waals surface area contributed by atoms with Gasteiger partial charge in [0.05, 0.1) is 11.1 Å². The normalized spacial score (nSPS) is 13.5. The molecule has 3 aromatic rings. The summed E-state index contributed by atoms with van der Waals surface area (Å²) in [7, 11) is 0. The minimum atomic E-state index is -4.86. The lowest BCUT2D eigenvalue weighted by molar-refractivity contribution is -0.253. The van der Waals surface area contributed by atoms with Gasteiger partial charge in [-0.25, -0.2) is 8.78 Å². The van der Waals surface area contributed by atoms with E-state index >= 15 is 0 Å². The van der Waals surface area contributed by atoms with Gasteiger partial charge in [-0.15, -0.1) is 0 Å². The van der Waals surface area contributed by atoms with E-state index in [1.54, 1.807) is 36.4 Å². The number of nitrogens with zero attached hydrogens (tertiary/aromatic N) is 1. The Morgan fingerprint density at radius 2 is 1.62 bits per heavy atom. The molecule has 3 aromatic carbocycles. The van der Waals surface area contributed by atoms with E-state index in [-0.39, 0.29) is 23.1 Å². The van der Waals surface area contributed by atoms with Gasteiger partial charge in [0, 0.05) is 6.07 Å². The van der Waals surface area contributed by atoms with Crippen LogP contribution in [-0.2, 0) is 12.0 Å². The maximum Gasteiger partial charge on any atom is 0.461 e. The van der Waals surface area contributed by atoms with E-state index in [0.29, 0.717) is 11.6 Å². The molecule has 2 N–H and O–H groups in total. The summed E-state index contributed by atoms with van der Waals surface area (Å²) >= 11 is 0. The lowest BCUT2D eigenvalue weighted by Crippen LogP contribution is -2.41. The number of rotatable bonds is 7. The van der Waals surface area contributed by atoms with Crippen LogP contribution in [0.1, 0.15) is 22.3 Å². The number of benzene rings is 3. The predicted octanol–water partition coefficient (Wildman–Crippen LogP) is 5.52. The Kier molecular flexibility index (Phi) is 6.46. The highest BCUT2D eigenvalue weighted by Crippen LogP contribution is 2.36. The average molecular weight is 450 g/mol. The molecule has 0 bridgehead atoms. The second-order valence-electron chi connectivity index (χ2n) is 7.08. The van der Waals surface area contributed by atoms with Crippen LogP contribution in [0.5, 0.6) is 5.75 Å². The molecule has 9 heteroatoms. The van der Waals surface area contributed by atoms with Crippen molar-refractivity contribution in [1.29, 1.82) is 5.26 Å². The van der Waals surface area contributed by atoms with Crippen molar-refractivity contribution in [3.05, 3.63) is 101 Å². The minimum absolute atomic E-state index is 0.0154. The third-order valence-electron chi connectivity index (χ3n) is 4.82. The summed E-state index contributed by atoms with van der Waals surface area (Å²) < 4.78 is 84.1. The first-order valence-corrected chi connectivity index (χ1v) is 9.24. The summed E-state index contributed by atoms with van der Waals surface area (Å²) in [5, 5.41) is 9.17. The van der Waals surface area contributed by atoms with Crippen LogP contribution < -0.4 is 10.5 Å². The highest BCUT2D eigenvalue weighted by molar-refractivity contribution is 5.47. The van der Waals surface area contributed by atoms with Crippen LogP contribution in [0.15, 0.2) is 66.7 Å². The Morgan fingerprint density at radius 3 is 2.25 bits per heavy atom. The van der Waals surface area contributed by atoms with Gasteiger partial charge >= 0.3 is 12.5 Å². The van der Waals surface area contributed by atoms with Gasteiger partial charge in [-0.1, -0.05) is 36.4 Å². The first-order valence-electron chi connectivity index (χ1n) is 9.24. The summed E-state index contributed by atoms with van der Waals surface area (Å²) in [5.74, 6) is -2.73. The average Bonchev–Trinajstić information content (AvgIpc) is 2.73. The van der Waals surface area contributed by atoms with Crippen molar-refractivity contribution in [3.8, 4) is 11.8 Å². The van der Waals surface area contributed by atoms with Gasteiger partial charge in [0.25, 0.3) is 0 Å². The highest BCUT2D eigenvalue weighted by atomic mass is 19.3. The topological polar surface area (TPSA) is 59.0 Å². The van der Waals surface area contributed by atoms with Crippen LogP contribution in [0.3, 0.4) is 0 Å². The van der Waals surface area contributed by atoms with Crippen molar-refractivity contribution in [2.45, 2.75) is 24.5 Å². The van der Waals surface area contributed by atoms with Crippen molar-refractivity contribution >= 4 is 0 Å². The van der Waals surface area contributed by atoms with Crippen LogP contribution in [0.25, 0.3) is 0 Å². The third-order valence-corrected chi connectivity index (χ3v) is 4.82. The number of hydrogen-bond donors (Lipinski definition) is 1. The number of halogens is 6. The fraction of sp³-hybridized carbons (Fsp3) is 0.174. The van der Waals surface area contributed by atoms with Crippen molar-refractivity contribution in [2.24, 2.45) is 5.73 Å². The van der Waals surface area contributed by atoms with Crippen LogP contribution in [0.2, 0.25) is 0 Å². The van der Waals surface area contributed by atoms with Gasteiger partial charge in [-0.2, -0.15) is 22.8 Å². The van der Waals surface area contributed by atoms with Gasteiger partial charge in [-0.05, 0) is 47.4 Å². The number of alkyl halides is 4. The van der Waals surface area contributed by atoms with Crippen molar-refractivity contribution in [3.63, 3.8) is 0 Å². The summed E-state index contributed by atoms with van der Waals surface area (Å²) in [6, 6.07) is 16.1. The molecule has 0 aromatic heterocycles.